The maximum atomic E-state index is 13.6. The molecule has 2 heterocycles. The highest BCUT2D eigenvalue weighted by molar-refractivity contribution is 7.99. The summed E-state index contributed by atoms with van der Waals surface area (Å²) in [4.78, 5) is 13.6. The molecule has 6 heteroatoms. The van der Waals surface area contributed by atoms with Gasteiger partial charge in [-0.25, -0.2) is 0 Å². The lowest BCUT2D eigenvalue weighted by Crippen LogP contribution is -2.10. The van der Waals surface area contributed by atoms with Crippen LogP contribution in [0.25, 0.3) is 22.8 Å². The number of carbonyl (C=O) groups excluding carboxylic acids is 1. The number of ketones is 1. The number of benzene rings is 3. The number of hydrogen-bond donors (Lipinski definition) is 0. The van der Waals surface area contributed by atoms with Gasteiger partial charge in [-0.05, 0) is 73.1 Å². The van der Waals surface area contributed by atoms with E-state index >= 15 is 0 Å². The van der Waals surface area contributed by atoms with Crippen LogP contribution in [-0.4, -0.2) is 30.9 Å². The molecule has 3 aromatic carbocycles. The first-order valence-corrected chi connectivity index (χ1v) is 15.5. The number of carbonyl (C=O) groups is 1. The van der Waals surface area contributed by atoms with Crippen LogP contribution in [0.3, 0.4) is 0 Å². The molecule has 2 aromatic heterocycles. The molecule has 42 heavy (non-hydrogen) atoms. The van der Waals surface area contributed by atoms with Crippen LogP contribution < -0.4 is 0 Å². The number of rotatable bonds is 8. The maximum absolute atomic E-state index is 13.6. The van der Waals surface area contributed by atoms with Crippen molar-refractivity contribution in [3.05, 3.63) is 113 Å². The van der Waals surface area contributed by atoms with Crippen molar-refractivity contribution >= 4 is 17.5 Å². The van der Waals surface area contributed by atoms with Gasteiger partial charge in [-0.1, -0.05) is 101 Å². The Hall–Kier alpha value is -3.90. The van der Waals surface area contributed by atoms with Crippen molar-refractivity contribution in [1.29, 1.82) is 0 Å². The molecular weight excluding hydrogens is 536 g/mol. The summed E-state index contributed by atoms with van der Waals surface area (Å²) in [6, 6.07) is 27.4. The van der Waals surface area contributed by atoms with E-state index in [0.29, 0.717) is 11.1 Å². The zero-order chi connectivity index (χ0) is 30.2. The second-order valence-electron chi connectivity index (χ2n) is 12.3. The largest absolute Gasteiger partial charge is 0.318 e. The summed E-state index contributed by atoms with van der Waals surface area (Å²) in [6.45, 7) is 17.2. The van der Waals surface area contributed by atoms with Crippen molar-refractivity contribution in [2.24, 2.45) is 0 Å². The first-order chi connectivity index (χ1) is 20.0. The van der Waals surface area contributed by atoms with E-state index in [4.69, 9.17) is 0 Å². The van der Waals surface area contributed by atoms with Gasteiger partial charge in [0.1, 0.15) is 0 Å². The predicted molar refractivity (Wildman–Crippen MR) is 175 cm³/mol. The Balaban J connectivity index is 1.45. The third-order valence-corrected chi connectivity index (χ3v) is 8.81. The molecule has 5 aromatic rings. The highest BCUT2D eigenvalue weighted by Crippen LogP contribution is 2.32. The number of para-hydroxylation sites is 1. The summed E-state index contributed by atoms with van der Waals surface area (Å²) in [5, 5.41) is 9.90. The Morgan fingerprint density at radius 2 is 1.52 bits per heavy atom. The van der Waals surface area contributed by atoms with Gasteiger partial charge in [0.25, 0.3) is 0 Å². The van der Waals surface area contributed by atoms with Crippen LogP contribution in [0.5, 0.6) is 0 Å². The molecule has 5 rings (SSSR count). The van der Waals surface area contributed by atoms with E-state index in [0.717, 1.165) is 45.3 Å². The van der Waals surface area contributed by atoms with E-state index in [1.807, 2.05) is 25.1 Å². The van der Waals surface area contributed by atoms with Crippen LogP contribution in [-0.2, 0) is 5.41 Å². The quantitative estimate of drug-likeness (QED) is 0.137. The summed E-state index contributed by atoms with van der Waals surface area (Å²) in [5.41, 5.74) is 9.56. The number of aryl methyl sites for hydroxylation is 2. The molecule has 216 valence electrons. The maximum Gasteiger partial charge on any atom is 0.196 e. The van der Waals surface area contributed by atoms with Crippen molar-refractivity contribution in [3.63, 3.8) is 0 Å². The van der Waals surface area contributed by atoms with Crippen LogP contribution >= 0.6 is 11.8 Å². The van der Waals surface area contributed by atoms with Crippen LogP contribution in [0.1, 0.15) is 79.0 Å². The number of thioether (sulfide) groups is 1. The Morgan fingerprint density at radius 1 is 0.857 bits per heavy atom. The fraction of sp³-hybridized carbons (Fsp3) is 0.306. The summed E-state index contributed by atoms with van der Waals surface area (Å²) in [6.07, 6.45) is 0. The molecule has 0 spiro atoms. The molecule has 0 aliphatic heterocycles. The van der Waals surface area contributed by atoms with Gasteiger partial charge in [-0.15, -0.1) is 10.2 Å². The van der Waals surface area contributed by atoms with E-state index in [9.17, 15) is 4.79 Å². The lowest BCUT2D eigenvalue weighted by atomic mass is 9.87. The monoisotopic (exact) mass is 576 g/mol. The lowest BCUT2D eigenvalue weighted by molar-refractivity contribution is 0.102. The zero-order valence-electron chi connectivity index (χ0n) is 25.9. The van der Waals surface area contributed by atoms with Crippen molar-refractivity contribution in [1.82, 2.24) is 19.3 Å². The van der Waals surface area contributed by atoms with E-state index < -0.39 is 0 Å². The van der Waals surface area contributed by atoms with E-state index in [1.165, 1.54) is 22.9 Å². The van der Waals surface area contributed by atoms with Crippen LogP contribution in [0, 0.1) is 20.8 Å². The van der Waals surface area contributed by atoms with Gasteiger partial charge < -0.3 is 4.57 Å². The first kappa shape index (κ1) is 29.6. The number of nitrogens with zero attached hydrogens (tertiary/aromatic N) is 4. The molecule has 5 nitrogen and oxygen atoms in total. The second kappa shape index (κ2) is 11.8. The Labute approximate surface area is 254 Å². The first-order valence-electron chi connectivity index (χ1n) is 14.5. The Kier molecular flexibility index (Phi) is 8.29. The highest BCUT2D eigenvalue weighted by Gasteiger charge is 2.22. The molecule has 0 N–H and O–H groups in total. The fourth-order valence-electron chi connectivity index (χ4n) is 5.36. The summed E-state index contributed by atoms with van der Waals surface area (Å²) >= 11 is 1.43. The molecule has 0 amide bonds. The van der Waals surface area contributed by atoms with Gasteiger partial charge in [0.15, 0.2) is 16.8 Å². The molecule has 0 unspecified atom stereocenters. The molecule has 0 fully saturated rings. The van der Waals surface area contributed by atoms with Crippen molar-refractivity contribution in [3.8, 4) is 22.8 Å². The van der Waals surface area contributed by atoms with Gasteiger partial charge in [0.05, 0.1) is 11.4 Å². The Bertz CT molecular complexity index is 1720. The summed E-state index contributed by atoms with van der Waals surface area (Å²) < 4.78 is 4.25. The van der Waals surface area contributed by atoms with Crippen molar-refractivity contribution in [2.75, 3.05) is 5.75 Å². The highest BCUT2D eigenvalue weighted by atomic mass is 32.2. The average Bonchev–Trinajstić information content (AvgIpc) is 3.51. The van der Waals surface area contributed by atoms with Gasteiger partial charge in [-0.2, -0.15) is 0 Å². The topological polar surface area (TPSA) is 52.7 Å². The second-order valence-corrected chi connectivity index (χ2v) is 13.3. The van der Waals surface area contributed by atoms with Gasteiger partial charge >= 0.3 is 0 Å². The third-order valence-electron chi connectivity index (χ3n) is 7.88. The average molecular weight is 577 g/mol. The van der Waals surface area contributed by atoms with E-state index in [2.05, 4.69) is 128 Å². The van der Waals surface area contributed by atoms with Crippen LogP contribution in [0.15, 0.2) is 84.0 Å². The minimum atomic E-state index is 0.0660. The summed E-state index contributed by atoms with van der Waals surface area (Å²) in [7, 11) is 0. The standard InChI is InChI=1S/C36H40N4OS/c1-23(2)27-15-19-30(20-16-27)39-25(4)21-31(26(39)5)33(41)22-42-35-38-37-34(40(35)32-12-10-9-11-24(32)3)28-13-17-29(18-14-28)36(6,7)8/h9-21,23H,22H2,1-8H3. The molecule has 0 aliphatic rings. The minimum Gasteiger partial charge on any atom is -0.318 e. The SMILES string of the molecule is Cc1ccccc1-n1c(SCC(=O)c2cc(C)n(-c3ccc(C(C)C)cc3)c2C)nnc1-c1ccc(C(C)(C)C)cc1. The molecule has 0 atom stereocenters. The van der Waals surface area contributed by atoms with Crippen LogP contribution in [0.2, 0.25) is 0 Å². The summed E-state index contributed by atoms with van der Waals surface area (Å²) in [5.74, 6) is 1.59. The van der Waals surface area contributed by atoms with E-state index in [-0.39, 0.29) is 17.0 Å². The van der Waals surface area contributed by atoms with Gasteiger partial charge in [0.2, 0.25) is 0 Å². The van der Waals surface area contributed by atoms with Crippen molar-refractivity contribution in [2.45, 2.75) is 71.9 Å². The molecule has 0 aliphatic carbocycles. The van der Waals surface area contributed by atoms with Crippen LogP contribution in [0.4, 0.5) is 0 Å². The van der Waals surface area contributed by atoms with Crippen molar-refractivity contribution < 1.29 is 4.79 Å². The molecule has 0 saturated carbocycles. The van der Waals surface area contributed by atoms with Gasteiger partial charge in [0, 0.05) is 28.2 Å². The minimum absolute atomic E-state index is 0.0660. The predicted octanol–water partition coefficient (Wildman–Crippen LogP) is 9.05. The number of hydrogen-bond acceptors (Lipinski definition) is 4. The smallest absolute Gasteiger partial charge is 0.196 e. The van der Waals surface area contributed by atoms with Gasteiger partial charge in [-0.3, -0.25) is 9.36 Å². The normalized spacial score (nSPS) is 11.8. The number of Topliss-reactive ketones (excluding diaryl/α,β-unsaturated/α-hetero) is 1. The zero-order valence-corrected chi connectivity index (χ0v) is 26.7. The molecule has 0 radical (unpaired) electrons. The van der Waals surface area contributed by atoms with E-state index in [1.54, 1.807) is 0 Å². The molecule has 0 saturated heterocycles. The fourth-order valence-corrected chi connectivity index (χ4v) is 6.19. The third kappa shape index (κ3) is 5.86. The molecular formula is C36H40N4OS. The Morgan fingerprint density at radius 3 is 2.14 bits per heavy atom. The lowest BCUT2D eigenvalue weighted by Gasteiger charge is -2.19. The molecule has 0 bridgehead atoms. The number of aromatic nitrogens is 4.